The van der Waals surface area contributed by atoms with Crippen molar-refractivity contribution in [2.75, 3.05) is 37.7 Å². The fourth-order valence-corrected chi connectivity index (χ4v) is 4.23. The van der Waals surface area contributed by atoms with Crippen LogP contribution in [0.1, 0.15) is 25.5 Å². The van der Waals surface area contributed by atoms with Gasteiger partial charge in [-0.05, 0) is 36.4 Å². The Hall–Kier alpha value is -2.51. The van der Waals surface area contributed by atoms with Crippen LogP contribution in [0, 0.1) is 0 Å². The van der Waals surface area contributed by atoms with E-state index in [-0.39, 0.29) is 5.91 Å². The van der Waals surface area contributed by atoms with Gasteiger partial charge in [-0.1, -0.05) is 31.5 Å². The van der Waals surface area contributed by atoms with Crippen LogP contribution in [0.25, 0.3) is 6.08 Å². The lowest BCUT2D eigenvalue weighted by atomic mass is 10.3. The molecule has 152 valence electrons. The largest absolute Gasteiger partial charge is 0.441 e. The quantitative estimate of drug-likeness (QED) is 0.654. The van der Waals surface area contributed by atoms with Crippen LogP contribution in [-0.4, -0.2) is 48.8 Å². The number of thioether (sulfide) groups is 1. The Morgan fingerprint density at radius 2 is 1.93 bits per heavy atom. The van der Waals surface area contributed by atoms with Crippen LogP contribution >= 0.6 is 11.8 Å². The molecule has 1 aromatic carbocycles. The van der Waals surface area contributed by atoms with E-state index in [1.54, 1.807) is 4.90 Å². The van der Waals surface area contributed by atoms with Crippen molar-refractivity contribution in [3.05, 3.63) is 53.1 Å². The van der Waals surface area contributed by atoms with Crippen molar-refractivity contribution in [2.45, 2.75) is 19.8 Å². The molecule has 7 heteroatoms. The second-order valence-electron chi connectivity index (χ2n) is 6.93. The predicted molar refractivity (Wildman–Crippen MR) is 117 cm³/mol. The zero-order valence-corrected chi connectivity index (χ0v) is 17.4. The first kappa shape index (κ1) is 19.8. The van der Waals surface area contributed by atoms with Gasteiger partial charge in [-0.3, -0.25) is 9.69 Å². The third-order valence-corrected chi connectivity index (χ3v) is 5.82. The molecule has 4 rings (SSSR count). The Morgan fingerprint density at radius 3 is 2.69 bits per heavy atom. The molecule has 2 fully saturated rings. The average molecular weight is 412 g/mol. The minimum Gasteiger partial charge on any atom is -0.441 e. The molecule has 0 N–H and O–H groups in total. The van der Waals surface area contributed by atoms with E-state index in [1.807, 2.05) is 48.5 Å². The Balaban J connectivity index is 1.56. The van der Waals surface area contributed by atoms with Gasteiger partial charge in [0.2, 0.25) is 0 Å². The van der Waals surface area contributed by atoms with Gasteiger partial charge < -0.3 is 14.1 Å². The van der Waals surface area contributed by atoms with Crippen LogP contribution in [0.3, 0.4) is 0 Å². The van der Waals surface area contributed by atoms with E-state index in [4.69, 9.17) is 14.1 Å². The summed E-state index contributed by atoms with van der Waals surface area (Å²) in [6.45, 7) is 5.83. The number of aliphatic imine (C=N–C) groups is 1. The Kier molecular flexibility index (Phi) is 6.36. The van der Waals surface area contributed by atoms with Gasteiger partial charge in [-0.2, -0.15) is 0 Å². The van der Waals surface area contributed by atoms with Crippen molar-refractivity contribution in [3.8, 4) is 0 Å². The van der Waals surface area contributed by atoms with Gasteiger partial charge in [0.25, 0.3) is 5.91 Å². The number of rotatable bonds is 6. The first-order valence-corrected chi connectivity index (χ1v) is 10.8. The fraction of sp³-hybridized carbons (Fsp3) is 0.364. The number of benzene rings is 1. The summed E-state index contributed by atoms with van der Waals surface area (Å²) in [5.41, 5.74) is 0.846. The van der Waals surface area contributed by atoms with Crippen LogP contribution < -0.4 is 4.90 Å². The smallest absolute Gasteiger partial charge is 0.266 e. The number of ether oxygens (including phenoxy) is 1. The lowest BCUT2D eigenvalue weighted by Crippen LogP contribution is -2.35. The highest BCUT2D eigenvalue weighted by Gasteiger charge is 2.33. The van der Waals surface area contributed by atoms with E-state index in [2.05, 4.69) is 11.8 Å². The molecule has 2 saturated heterocycles. The summed E-state index contributed by atoms with van der Waals surface area (Å²) < 4.78 is 11.4. The topological polar surface area (TPSA) is 58.3 Å². The lowest BCUT2D eigenvalue weighted by Gasteiger charge is -2.26. The Labute approximate surface area is 175 Å². The molecule has 0 unspecified atom stereocenters. The summed E-state index contributed by atoms with van der Waals surface area (Å²) in [5.74, 6) is 1.48. The summed E-state index contributed by atoms with van der Waals surface area (Å²) in [6, 6.07) is 13.6. The van der Waals surface area contributed by atoms with E-state index in [0.29, 0.717) is 30.4 Å². The number of furan rings is 1. The maximum Gasteiger partial charge on any atom is 0.266 e. The number of amidine groups is 1. The normalized spacial score (nSPS) is 20.2. The van der Waals surface area contributed by atoms with Gasteiger partial charge in [0.1, 0.15) is 5.76 Å². The lowest BCUT2D eigenvalue weighted by molar-refractivity contribution is -0.122. The van der Waals surface area contributed by atoms with Gasteiger partial charge in [0, 0.05) is 31.8 Å². The molecule has 2 aromatic rings. The average Bonchev–Trinajstić information content (AvgIpc) is 3.33. The molecule has 0 spiro atoms. The molecule has 3 heterocycles. The number of hydrogen-bond acceptors (Lipinski definition) is 6. The molecule has 2 aliphatic rings. The molecular weight excluding hydrogens is 386 g/mol. The second kappa shape index (κ2) is 9.33. The molecule has 29 heavy (non-hydrogen) atoms. The monoisotopic (exact) mass is 411 g/mol. The molecular formula is C22H25N3O3S. The van der Waals surface area contributed by atoms with Gasteiger partial charge in [0.05, 0.1) is 23.8 Å². The van der Waals surface area contributed by atoms with Gasteiger partial charge in [0.15, 0.2) is 11.1 Å². The number of carbonyl (C=O) groups excluding carboxylic acids is 1. The number of para-hydroxylation sites is 1. The maximum atomic E-state index is 13.0. The number of morpholine rings is 1. The molecule has 0 bridgehead atoms. The minimum atomic E-state index is -0.0116. The summed E-state index contributed by atoms with van der Waals surface area (Å²) >= 11 is 1.41. The summed E-state index contributed by atoms with van der Waals surface area (Å²) in [4.78, 5) is 22.3. The highest BCUT2D eigenvalue weighted by atomic mass is 32.2. The molecule has 2 aliphatic heterocycles. The second-order valence-corrected chi connectivity index (χ2v) is 7.94. The van der Waals surface area contributed by atoms with Crippen molar-refractivity contribution in [2.24, 2.45) is 4.99 Å². The first-order valence-electron chi connectivity index (χ1n) is 10.0. The highest BCUT2D eigenvalue weighted by molar-refractivity contribution is 8.18. The van der Waals surface area contributed by atoms with Gasteiger partial charge >= 0.3 is 0 Å². The van der Waals surface area contributed by atoms with E-state index in [1.165, 1.54) is 11.8 Å². The van der Waals surface area contributed by atoms with Crippen molar-refractivity contribution in [3.63, 3.8) is 0 Å². The molecule has 0 aliphatic carbocycles. The van der Waals surface area contributed by atoms with Crippen molar-refractivity contribution in [1.82, 2.24) is 4.90 Å². The number of nitrogens with zero attached hydrogens (tertiary/aromatic N) is 3. The number of unbranched alkanes of at least 4 members (excludes halogenated alkanes) is 1. The van der Waals surface area contributed by atoms with Crippen LogP contribution in [-0.2, 0) is 9.53 Å². The first-order chi connectivity index (χ1) is 14.2. The van der Waals surface area contributed by atoms with Crippen LogP contribution in [0.15, 0.2) is 56.8 Å². The van der Waals surface area contributed by atoms with Crippen molar-refractivity contribution >= 4 is 40.5 Å². The maximum absolute atomic E-state index is 13.0. The SMILES string of the molecule is CCCCN1C(=O)C(=Cc2ccc(N3CCOCC3)o2)SC1=Nc1ccccc1. The molecule has 0 radical (unpaired) electrons. The number of anilines is 1. The summed E-state index contributed by atoms with van der Waals surface area (Å²) in [6.07, 6.45) is 3.78. The van der Waals surface area contributed by atoms with Crippen molar-refractivity contribution < 1.29 is 13.9 Å². The molecule has 1 amide bonds. The van der Waals surface area contributed by atoms with Crippen molar-refractivity contribution in [1.29, 1.82) is 0 Å². The fourth-order valence-electron chi connectivity index (χ4n) is 3.22. The standard InChI is InChI=1S/C22H25N3O3S/c1-2-3-11-25-21(26)19(29-22(25)23-17-7-5-4-6-8-17)16-18-9-10-20(28-18)24-12-14-27-15-13-24/h4-10,16H,2-3,11-15H2,1H3. The van der Waals surface area contributed by atoms with Crippen LogP contribution in [0.2, 0.25) is 0 Å². The predicted octanol–water partition coefficient (Wildman–Crippen LogP) is 4.52. The Morgan fingerprint density at radius 1 is 1.14 bits per heavy atom. The van der Waals surface area contributed by atoms with E-state index in [0.717, 1.165) is 42.7 Å². The molecule has 1 aromatic heterocycles. The van der Waals surface area contributed by atoms with Gasteiger partial charge in [-0.15, -0.1) is 0 Å². The number of carbonyl (C=O) groups is 1. The number of hydrogen-bond donors (Lipinski definition) is 0. The zero-order valence-electron chi connectivity index (χ0n) is 16.5. The Bertz CT molecular complexity index is 901. The summed E-state index contributed by atoms with van der Waals surface area (Å²) in [7, 11) is 0. The number of amides is 1. The molecule has 0 saturated carbocycles. The van der Waals surface area contributed by atoms with Crippen LogP contribution in [0.5, 0.6) is 0 Å². The third-order valence-electron chi connectivity index (χ3n) is 4.81. The van der Waals surface area contributed by atoms with Gasteiger partial charge in [-0.25, -0.2) is 4.99 Å². The minimum absolute atomic E-state index is 0.0116. The van der Waals surface area contributed by atoms with E-state index >= 15 is 0 Å². The van der Waals surface area contributed by atoms with E-state index < -0.39 is 0 Å². The van der Waals surface area contributed by atoms with E-state index in [9.17, 15) is 4.79 Å². The zero-order chi connectivity index (χ0) is 20.1. The molecule has 0 atom stereocenters. The highest BCUT2D eigenvalue weighted by Crippen LogP contribution is 2.35. The summed E-state index contributed by atoms with van der Waals surface area (Å²) in [5, 5.41) is 0.723. The third kappa shape index (κ3) is 4.74. The van der Waals surface area contributed by atoms with Crippen LogP contribution in [0.4, 0.5) is 11.6 Å². The molecule has 6 nitrogen and oxygen atoms in total.